The molecule has 2 aromatic rings. The van der Waals surface area contributed by atoms with E-state index in [0.717, 1.165) is 17.7 Å². The molecule has 1 nitrogen and oxygen atoms in total. The third-order valence-corrected chi connectivity index (χ3v) is 3.73. The fraction of sp³-hybridized carbons (Fsp3) is 0.294. The largest absolute Gasteiger partial charge is 0.416 e. The van der Waals surface area contributed by atoms with Crippen molar-refractivity contribution in [2.75, 3.05) is 0 Å². The van der Waals surface area contributed by atoms with Crippen molar-refractivity contribution in [1.82, 2.24) is 0 Å². The van der Waals surface area contributed by atoms with Gasteiger partial charge in [-0.2, -0.15) is 13.2 Å². The highest BCUT2D eigenvalue weighted by atomic mass is 19.4. The molecule has 0 aromatic heterocycles. The summed E-state index contributed by atoms with van der Waals surface area (Å²) in [4.78, 5) is 0. The first-order valence-corrected chi connectivity index (χ1v) is 6.63. The second-order valence-electron chi connectivity index (χ2n) is 5.61. The van der Waals surface area contributed by atoms with E-state index in [1.54, 1.807) is 0 Å². The second kappa shape index (κ2) is 5.53. The number of rotatable bonds is 3. The van der Waals surface area contributed by atoms with Crippen LogP contribution in [0.2, 0.25) is 0 Å². The maximum absolute atomic E-state index is 12.8. The van der Waals surface area contributed by atoms with Gasteiger partial charge in [0.05, 0.1) is 11.7 Å². The smallest absolute Gasteiger partial charge is 0.388 e. The van der Waals surface area contributed by atoms with Crippen molar-refractivity contribution in [3.05, 3.63) is 71.3 Å². The predicted octanol–water partition coefficient (Wildman–Crippen LogP) is 4.72. The average Bonchev–Trinajstić information content (AvgIpc) is 2.46. The molecule has 0 heterocycles. The predicted molar refractivity (Wildman–Crippen MR) is 75.9 cm³/mol. The van der Waals surface area contributed by atoms with Crippen LogP contribution in [0, 0.1) is 0 Å². The van der Waals surface area contributed by atoms with Gasteiger partial charge in [0.1, 0.15) is 0 Å². The molecule has 0 fully saturated rings. The van der Waals surface area contributed by atoms with Crippen LogP contribution >= 0.6 is 0 Å². The zero-order valence-electron chi connectivity index (χ0n) is 11.9. The van der Waals surface area contributed by atoms with Crippen LogP contribution in [0.4, 0.5) is 13.2 Å². The minimum absolute atomic E-state index is 0.263. The maximum Gasteiger partial charge on any atom is 0.416 e. The number of aliphatic hydroxyl groups is 1. The summed E-state index contributed by atoms with van der Waals surface area (Å²) in [5, 5.41) is 10.5. The Balaban J connectivity index is 2.38. The SMILES string of the molecule is CC(C)(c1ccccc1)C(O)c1cccc(C(F)(F)F)c1. The molecule has 21 heavy (non-hydrogen) atoms. The van der Waals surface area contributed by atoms with Crippen molar-refractivity contribution < 1.29 is 18.3 Å². The van der Waals surface area contributed by atoms with Gasteiger partial charge in [0.2, 0.25) is 0 Å². The number of hydrogen-bond acceptors (Lipinski definition) is 1. The lowest BCUT2D eigenvalue weighted by molar-refractivity contribution is -0.137. The van der Waals surface area contributed by atoms with E-state index < -0.39 is 23.3 Å². The molecule has 0 aliphatic carbocycles. The molecule has 0 saturated heterocycles. The van der Waals surface area contributed by atoms with Crippen molar-refractivity contribution in [1.29, 1.82) is 0 Å². The van der Waals surface area contributed by atoms with Crippen LogP contribution in [0.15, 0.2) is 54.6 Å². The van der Waals surface area contributed by atoms with Crippen molar-refractivity contribution >= 4 is 0 Å². The van der Waals surface area contributed by atoms with E-state index in [-0.39, 0.29) is 5.56 Å². The van der Waals surface area contributed by atoms with E-state index in [1.165, 1.54) is 12.1 Å². The highest BCUT2D eigenvalue weighted by Crippen LogP contribution is 2.38. The molecule has 2 aromatic carbocycles. The van der Waals surface area contributed by atoms with Gasteiger partial charge in [-0.1, -0.05) is 56.3 Å². The summed E-state index contributed by atoms with van der Waals surface area (Å²) in [7, 11) is 0. The third-order valence-electron chi connectivity index (χ3n) is 3.73. The average molecular weight is 294 g/mol. The second-order valence-corrected chi connectivity index (χ2v) is 5.61. The summed E-state index contributed by atoms with van der Waals surface area (Å²) < 4.78 is 38.3. The molecular weight excluding hydrogens is 277 g/mol. The summed E-state index contributed by atoms with van der Waals surface area (Å²) in [5.41, 5.74) is -0.303. The van der Waals surface area contributed by atoms with Gasteiger partial charge in [0, 0.05) is 5.41 Å². The molecule has 0 spiro atoms. The van der Waals surface area contributed by atoms with E-state index in [2.05, 4.69) is 0 Å². The van der Waals surface area contributed by atoms with Crippen molar-refractivity contribution in [3.8, 4) is 0 Å². The standard InChI is InChI=1S/C17H17F3O/c1-16(2,13-8-4-3-5-9-13)15(21)12-7-6-10-14(11-12)17(18,19)20/h3-11,15,21H,1-2H3. The summed E-state index contributed by atoms with van der Waals surface area (Å²) >= 11 is 0. The summed E-state index contributed by atoms with van der Waals surface area (Å²) in [6, 6.07) is 14.1. The van der Waals surface area contributed by atoms with Gasteiger partial charge in [0.15, 0.2) is 0 Å². The molecule has 112 valence electrons. The topological polar surface area (TPSA) is 20.2 Å². The monoisotopic (exact) mass is 294 g/mol. The van der Waals surface area contributed by atoms with Crippen molar-refractivity contribution in [2.45, 2.75) is 31.5 Å². The molecule has 1 unspecified atom stereocenters. The Morgan fingerprint density at radius 1 is 0.857 bits per heavy atom. The lowest BCUT2D eigenvalue weighted by Gasteiger charge is -2.31. The van der Waals surface area contributed by atoms with E-state index >= 15 is 0 Å². The van der Waals surface area contributed by atoms with Crippen LogP contribution in [0.5, 0.6) is 0 Å². The van der Waals surface area contributed by atoms with Crippen LogP contribution in [0.3, 0.4) is 0 Å². The van der Waals surface area contributed by atoms with Gasteiger partial charge in [-0.15, -0.1) is 0 Å². The van der Waals surface area contributed by atoms with Gasteiger partial charge in [0.25, 0.3) is 0 Å². The highest BCUT2D eigenvalue weighted by Gasteiger charge is 2.34. The number of aliphatic hydroxyl groups excluding tert-OH is 1. The Hall–Kier alpha value is -1.81. The summed E-state index contributed by atoms with van der Waals surface area (Å²) in [6.07, 6.45) is -5.44. The lowest BCUT2D eigenvalue weighted by Crippen LogP contribution is -2.27. The fourth-order valence-corrected chi connectivity index (χ4v) is 2.33. The first kappa shape index (κ1) is 15.6. The zero-order chi connectivity index (χ0) is 15.7. The number of benzene rings is 2. The quantitative estimate of drug-likeness (QED) is 0.868. The van der Waals surface area contributed by atoms with Crippen LogP contribution in [0.25, 0.3) is 0 Å². The molecular formula is C17H17F3O. The van der Waals surface area contributed by atoms with Gasteiger partial charge in [-0.25, -0.2) is 0 Å². The number of hydrogen-bond donors (Lipinski definition) is 1. The molecule has 0 saturated carbocycles. The molecule has 0 bridgehead atoms. The Morgan fingerprint density at radius 2 is 1.43 bits per heavy atom. The minimum atomic E-state index is -4.41. The lowest BCUT2D eigenvalue weighted by atomic mass is 9.76. The fourth-order valence-electron chi connectivity index (χ4n) is 2.33. The molecule has 2 rings (SSSR count). The van der Waals surface area contributed by atoms with Gasteiger partial charge < -0.3 is 5.11 Å². The van der Waals surface area contributed by atoms with Crippen LogP contribution in [-0.2, 0) is 11.6 Å². The van der Waals surface area contributed by atoms with Crippen molar-refractivity contribution in [3.63, 3.8) is 0 Å². The van der Waals surface area contributed by atoms with Gasteiger partial charge in [-0.3, -0.25) is 0 Å². The van der Waals surface area contributed by atoms with Gasteiger partial charge >= 0.3 is 6.18 Å². The molecule has 1 N–H and O–H groups in total. The van der Waals surface area contributed by atoms with E-state index in [4.69, 9.17) is 0 Å². The van der Waals surface area contributed by atoms with Crippen LogP contribution in [0.1, 0.15) is 36.6 Å². The minimum Gasteiger partial charge on any atom is -0.388 e. The molecule has 0 aliphatic rings. The van der Waals surface area contributed by atoms with E-state index in [1.807, 2.05) is 44.2 Å². The normalized spacial score (nSPS) is 14.0. The number of alkyl halides is 3. The molecule has 1 atom stereocenters. The molecule has 0 amide bonds. The van der Waals surface area contributed by atoms with Gasteiger partial charge in [-0.05, 0) is 23.3 Å². The van der Waals surface area contributed by atoms with E-state index in [0.29, 0.717) is 0 Å². The number of halogens is 3. The van der Waals surface area contributed by atoms with Crippen LogP contribution in [-0.4, -0.2) is 5.11 Å². The highest BCUT2D eigenvalue weighted by molar-refractivity contribution is 5.33. The Kier molecular flexibility index (Phi) is 4.10. The zero-order valence-corrected chi connectivity index (χ0v) is 11.9. The third kappa shape index (κ3) is 3.27. The van der Waals surface area contributed by atoms with E-state index in [9.17, 15) is 18.3 Å². The van der Waals surface area contributed by atoms with Crippen molar-refractivity contribution in [2.24, 2.45) is 0 Å². The Labute approximate surface area is 122 Å². The van der Waals surface area contributed by atoms with Crippen LogP contribution < -0.4 is 0 Å². The first-order valence-electron chi connectivity index (χ1n) is 6.63. The Morgan fingerprint density at radius 3 is 2.00 bits per heavy atom. The molecule has 0 radical (unpaired) electrons. The molecule has 0 aliphatic heterocycles. The summed E-state index contributed by atoms with van der Waals surface area (Å²) in [6.45, 7) is 3.63. The first-order chi connectivity index (χ1) is 9.73. The summed E-state index contributed by atoms with van der Waals surface area (Å²) in [5.74, 6) is 0. The Bertz CT molecular complexity index is 603. The maximum atomic E-state index is 12.8. The molecule has 4 heteroatoms.